The zero-order valence-electron chi connectivity index (χ0n) is 18.6. The number of aliphatic hydroxyl groups is 3. The molecule has 0 spiro atoms. The van der Waals surface area contributed by atoms with Crippen LogP contribution in [0.5, 0.6) is 0 Å². The average Bonchev–Trinajstić information content (AvgIpc) is 3.10. The van der Waals surface area contributed by atoms with Crippen molar-refractivity contribution >= 4 is 0 Å². The first-order valence-corrected chi connectivity index (χ1v) is 12.1. The third-order valence-electron chi connectivity index (χ3n) is 5.70. The van der Waals surface area contributed by atoms with E-state index in [1.807, 2.05) is 0 Å². The van der Waals surface area contributed by atoms with Gasteiger partial charge in [0.15, 0.2) is 0 Å². The van der Waals surface area contributed by atoms with Gasteiger partial charge in [0.05, 0.1) is 13.2 Å². The van der Waals surface area contributed by atoms with E-state index in [-0.39, 0.29) is 13.2 Å². The highest BCUT2D eigenvalue weighted by atomic mass is 16.6. The summed E-state index contributed by atoms with van der Waals surface area (Å²) in [5.74, 6) is 0. The van der Waals surface area contributed by atoms with Crippen molar-refractivity contribution in [2.75, 3.05) is 19.8 Å². The average molecular weight is 415 g/mol. The fourth-order valence-electron chi connectivity index (χ4n) is 3.83. The van der Waals surface area contributed by atoms with Gasteiger partial charge in [0.2, 0.25) is 0 Å². The molecule has 1 aliphatic rings. The Morgan fingerprint density at radius 2 is 1.45 bits per heavy atom. The second-order valence-corrected chi connectivity index (χ2v) is 8.39. The summed E-state index contributed by atoms with van der Waals surface area (Å²) >= 11 is 0. The summed E-state index contributed by atoms with van der Waals surface area (Å²) in [6.07, 6.45) is 19.5. The van der Waals surface area contributed by atoms with Crippen LogP contribution >= 0.6 is 0 Å². The Balaban J connectivity index is 1.86. The van der Waals surface area contributed by atoms with Crippen molar-refractivity contribution in [2.24, 2.45) is 0 Å². The van der Waals surface area contributed by atoms with Crippen molar-refractivity contribution in [3.05, 3.63) is 12.2 Å². The van der Waals surface area contributed by atoms with Gasteiger partial charge in [0, 0.05) is 6.61 Å². The lowest BCUT2D eigenvalue weighted by Gasteiger charge is -2.23. The molecule has 1 aliphatic heterocycles. The number of rotatable bonds is 19. The number of hydrogen-bond donors (Lipinski definition) is 3. The zero-order valence-corrected chi connectivity index (χ0v) is 18.6. The number of unbranched alkanes of at least 4 members (excludes halogenated alkanes) is 12. The van der Waals surface area contributed by atoms with Crippen molar-refractivity contribution in [3.63, 3.8) is 0 Å². The van der Waals surface area contributed by atoms with E-state index < -0.39 is 24.4 Å². The molecule has 29 heavy (non-hydrogen) atoms. The largest absolute Gasteiger partial charge is 0.394 e. The third-order valence-corrected chi connectivity index (χ3v) is 5.70. The lowest BCUT2D eigenvalue weighted by Crippen LogP contribution is -2.42. The highest BCUT2D eigenvalue weighted by Crippen LogP contribution is 2.21. The smallest absolute Gasteiger partial charge is 0.114 e. The minimum absolute atomic E-state index is 0.154. The molecule has 0 aromatic carbocycles. The molecule has 4 atom stereocenters. The number of allylic oxidation sites excluding steroid dienone is 2. The Kier molecular flexibility index (Phi) is 16.8. The van der Waals surface area contributed by atoms with Crippen molar-refractivity contribution in [1.29, 1.82) is 0 Å². The molecule has 5 heteroatoms. The molecule has 1 rings (SSSR count). The second kappa shape index (κ2) is 18.3. The molecule has 0 unspecified atom stereocenters. The molecule has 1 saturated heterocycles. The van der Waals surface area contributed by atoms with Gasteiger partial charge >= 0.3 is 0 Å². The van der Waals surface area contributed by atoms with Gasteiger partial charge in [0.25, 0.3) is 0 Å². The summed E-state index contributed by atoms with van der Waals surface area (Å²) in [4.78, 5) is 0. The molecule has 0 bridgehead atoms. The van der Waals surface area contributed by atoms with Gasteiger partial charge in [-0.15, -0.1) is 0 Å². The van der Waals surface area contributed by atoms with Crippen LogP contribution < -0.4 is 0 Å². The molecular formula is C24H46O5. The van der Waals surface area contributed by atoms with Crippen LogP contribution in [-0.4, -0.2) is 59.6 Å². The predicted molar refractivity (Wildman–Crippen MR) is 118 cm³/mol. The normalized spacial score (nSPS) is 23.2. The van der Waals surface area contributed by atoms with Crippen LogP contribution in [0.15, 0.2) is 12.2 Å². The van der Waals surface area contributed by atoms with Gasteiger partial charge in [-0.3, -0.25) is 0 Å². The van der Waals surface area contributed by atoms with Gasteiger partial charge in [-0.05, 0) is 32.1 Å². The van der Waals surface area contributed by atoms with E-state index in [2.05, 4.69) is 19.1 Å². The molecule has 172 valence electrons. The molecule has 1 heterocycles. The van der Waals surface area contributed by atoms with Crippen LogP contribution in [0.25, 0.3) is 0 Å². The molecule has 3 N–H and O–H groups in total. The molecule has 0 radical (unpaired) electrons. The lowest BCUT2D eigenvalue weighted by molar-refractivity contribution is -0.0938. The highest BCUT2D eigenvalue weighted by molar-refractivity contribution is 4.89. The Labute approximate surface area is 178 Å². The monoisotopic (exact) mass is 414 g/mol. The van der Waals surface area contributed by atoms with E-state index in [1.165, 1.54) is 77.0 Å². The van der Waals surface area contributed by atoms with Crippen LogP contribution in [-0.2, 0) is 9.47 Å². The maximum Gasteiger partial charge on any atom is 0.114 e. The maximum absolute atomic E-state index is 9.89. The van der Waals surface area contributed by atoms with E-state index in [0.29, 0.717) is 6.61 Å². The summed E-state index contributed by atoms with van der Waals surface area (Å²) < 4.78 is 11.0. The molecule has 0 aromatic heterocycles. The molecule has 0 amide bonds. The summed E-state index contributed by atoms with van der Waals surface area (Å²) in [7, 11) is 0. The Morgan fingerprint density at radius 3 is 2.03 bits per heavy atom. The third kappa shape index (κ3) is 12.7. The summed E-state index contributed by atoms with van der Waals surface area (Å²) in [6.45, 7) is 2.59. The Morgan fingerprint density at radius 1 is 0.897 bits per heavy atom. The Hall–Kier alpha value is -0.460. The minimum Gasteiger partial charge on any atom is -0.394 e. The standard InChI is InChI=1S/C24H46O5/c1-2-3-4-5-6-7-8-9-10-11-12-13-14-15-16-17-18-28-24-22(27)20-29-23(24)21(26)19-25/h7-8,21-27H,2-6,9-20H2,1H3/b8-7+/t21-,22+,23+,24+/m0/s1. The first kappa shape index (κ1) is 26.6. The molecule has 0 saturated carbocycles. The topological polar surface area (TPSA) is 79.2 Å². The second-order valence-electron chi connectivity index (χ2n) is 8.39. The SMILES string of the molecule is CCCCCC/C=C/CCCCCCCCCCO[C@H]1[C@@H]([C@@H](O)CO)OC[C@H]1O. The quantitative estimate of drug-likeness (QED) is 0.214. The first-order chi connectivity index (χ1) is 14.2. The van der Waals surface area contributed by atoms with Crippen LogP contribution in [0.1, 0.15) is 96.8 Å². The molecule has 0 aromatic rings. The van der Waals surface area contributed by atoms with E-state index in [0.717, 1.165) is 12.8 Å². The van der Waals surface area contributed by atoms with E-state index in [1.54, 1.807) is 0 Å². The van der Waals surface area contributed by atoms with Crippen LogP contribution in [0.4, 0.5) is 0 Å². The predicted octanol–water partition coefficient (Wildman–Crippen LogP) is 4.52. The number of hydrogen-bond acceptors (Lipinski definition) is 5. The number of aliphatic hydroxyl groups excluding tert-OH is 3. The molecule has 5 nitrogen and oxygen atoms in total. The fraction of sp³-hybridized carbons (Fsp3) is 0.917. The van der Waals surface area contributed by atoms with E-state index in [9.17, 15) is 10.2 Å². The zero-order chi connectivity index (χ0) is 21.2. The van der Waals surface area contributed by atoms with Crippen molar-refractivity contribution in [1.82, 2.24) is 0 Å². The molecule has 1 fully saturated rings. The van der Waals surface area contributed by atoms with Crippen LogP contribution in [0.2, 0.25) is 0 Å². The van der Waals surface area contributed by atoms with Crippen LogP contribution in [0, 0.1) is 0 Å². The maximum atomic E-state index is 9.89. The number of ether oxygens (including phenoxy) is 2. The first-order valence-electron chi connectivity index (χ1n) is 12.1. The van der Waals surface area contributed by atoms with Gasteiger partial charge < -0.3 is 24.8 Å². The fourth-order valence-corrected chi connectivity index (χ4v) is 3.83. The molecule has 0 aliphatic carbocycles. The van der Waals surface area contributed by atoms with Gasteiger partial charge in [0.1, 0.15) is 24.4 Å². The summed E-state index contributed by atoms with van der Waals surface area (Å²) in [6, 6.07) is 0. The van der Waals surface area contributed by atoms with Gasteiger partial charge in [-0.1, -0.05) is 76.9 Å². The Bertz CT molecular complexity index is 387. The van der Waals surface area contributed by atoms with E-state index in [4.69, 9.17) is 14.6 Å². The van der Waals surface area contributed by atoms with Gasteiger partial charge in [-0.25, -0.2) is 0 Å². The van der Waals surface area contributed by atoms with Gasteiger partial charge in [-0.2, -0.15) is 0 Å². The summed E-state index contributed by atoms with van der Waals surface area (Å²) in [5, 5.41) is 28.7. The lowest BCUT2D eigenvalue weighted by atomic mass is 10.1. The van der Waals surface area contributed by atoms with Crippen molar-refractivity contribution < 1.29 is 24.8 Å². The summed E-state index contributed by atoms with van der Waals surface area (Å²) in [5.41, 5.74) is 0. The van der Waals surface area contributed by atoms with E-state index >= 15 is 0 Å². The van der Waals surface area contributed by atoms with Crippen molar-refractivity contribution in [3.8, 4) is 0 Å². The van der Waals surface area contributed by atoms with Crippen molar-refractivity contribution in [2.45, 2.75) is 121 Å². The minimum atomic E-state index is -1.00. The highest BCUT2D eigenvalue weighted by Gasteiger charge is 2.40. The van der Waals surface area contributed by atoms with Crippen LogP contribution in [0.3, 0.4) is 0 Å². The molecular weight excluding hydrogens is 368 g/mol.